The van der Waals surface area contributed by atoms with Gasteiger partial charge in [-0.3, -0.25) is 9.59 Å². The number of hydrogen-bond acceptors (Lipinski definition) is 4. The predicted octanol–water partition coefficient (Wildman–Crippen LogP) is 3.29. The van der Waals surface area contributed by atoms with Gasteiger partial charge in [0.05, 0.1) is 18.1 Å². The third-order valence-corrected chi connectivity index (χ3v) is 5.30. The number of Topliss-reactive ketones (excluding diaryl/α,β-unsaturated/α-hetero) is 1. The maximum atomic E-state index is 12.5. The fourth-order valence-electron chi connectivity index (χ4n) is 3.16. The lowest BCUT2D eigenvalue weighted by Crippen LogP contribution is -2.33. The molecule has 5 nitrogen and oxygen atoms in total. The zero-order chi connectivity index (χ0) is 19.9. The summed E-state index contributed by atoms with van der Waals surface area (Å²) in [6.07, 6.45) is 1.62. The van der Waals surface area contributed by atoms with Gasteiger partial charge in [0.2, 0.25) is 0 Å². The first-order valence-electron chi connectivity index (χ1n) is 9.23. The molecule has 0 saturated carbocycles. The van der Waals surface area contributed by atoms with E-state index in [9.17, 15) is 19.8 Å². The van der Waals surface area contributed by atoms with Crippen LogP contribution in [-0.4, -0.2) is 39.3 Å². The predicted molar refractivity (Wildman–Crippen MR) is 99.1 cm³/mol. The van der Waals surface area contributed by atoms with Gasteiger partial charge in [-0.2, -0.15) is 0 Å². The molecule has 0 fully saturated rings. The Kier molecular flexibility index (Phi) is 10.2. The Hall–Kier alpha value is -1.20. The number of carboxylic acid groups (broad SMARTS) is 1. The number of ketones is 1. The number of rotatable bonds is 11. The van der Waals surface area contributed by atoms with Gasteiger partial charge in [0.25, 0.3) is 0 Å². The van der Waals surface area contributed by atoms with Crippen molar-refractivity contribution in [1.82, 2.24) is 0 Å². The molecule has 3 N–H and O–H groups in total. The summed E-state index contributed by atoms with van der Waals surface area (Å²) < 4.78 is 0. The van der Waals surface area contributed by atoms with E-state index in [1.165, 1.54) is 6.92 Å². The van der Waals surface area contributed by atoms with E-state index in [1.807, 2.05) is 40.7 Å². The van der Waals surface area contributed by atoms with E-state index in [0.717, 1.165) is 12.0 Å². The molecule has 0 amide bonds. The summed E-state index contributed by atoms with van der Waals surface area (Å²) in [6, 6.07) is 0. The minimum absolute atomic E-state index is 0.000689. The lowest BCUT2D eigenvalue weighted by molar-refractivity contribution is -0.146. The Labute approximate surface area is 152 Å². The first kappa shape index (κ1) is 23.8. The van der Waals surface area contributed by atoms with Crippen molar-refractivity contribution in [2.75, 3.05) is 0 Å². The summed E-state index contributed by atoms with van der Waals surface area (Å²) in [4.78, 5) is 23.5. The Balaban J connectivity index is 4.86. The second-order valence-corrected chi connectivity index (χ2v) is 7.67. The van der Waals surface area contributed by atoms with Crippen molar-refractivity contribution < 1.29 is 24.9 Å². The molecule has 0 aromatic rings. The van der Waals surface area contributed by atoms with Crippen LogP contribution in [0.3, 0.4) is 0 Å². The fraction of sp³-hybridized carbons (Fsp3) is 0.800. The van der Waals surface area contributed by atoms with Gasteiger partial charge in [-0.1, -0.05) is 52.7 Å². The van der Waals surface area contributed by atoms with Crippen LogP contribution in [0.5, 0.6) is 0 Å². The first-order valence-corrected chi connectivity index (χ1v) is 9.23. The largest absolute Gasteiger partial charge is 0.481 e. The molecule has 7 atom stereocenters. The summed E-state index contributed by atoms with van der Waals surface area (Å²) in [5, 5.41) is 29.3. The highest BCUT2D eigenvalue weighted by Gasteiger charge is 2.29. The Bertz CT molecular complexity index is 471. The first-order chi connectivity index (χ1) is 11.4. The molecular weight excluding hydrogens is 320 g/mol. The van der Waals surface area contributed by atoms with E-state index >= 15 is 0 Å². The molecule has 0 bridgehead atoms. The van der Waals surface area contributed by atoms with Crippen molar-refractivity contribution in [3.63, 3.8) is 0 Å². The van der Waals surface area contributed by atoms with E-state index in [2.05, 4.69) is 0 Å². The van der Waals surface area contributed by atoms with Crippen molar-refractivity contribution in [2.24, 2.45) is 29.6 Å². The molecule has 0 spiro atoms. The third-order valence-electron chi connectivity index (χ3n) is 5.30. The number of allylic oxidation sites excluding steroid dienone is 2. The number of carboxylic acids is 1. The zero-order valence-electron chi connectivity index (χ0n) is 16.7. The molecule has 0 radical (unpaired) electrons. The molecule has 0 aliphatic heterocycles. The van der Waals surface area contributed by atoms with E-state index < -0.39 is 30.0 Å². The second kappa shape index (κ2) is 10.7. The van der Waals surface area contributed by atoms with Crippen LogP contribution in [-0.2, 0) is 9.59 Å². The van der Waals surface area contributed by atoms with Crippen molar-refractivity contribution in [2.45, 2.75) is 73.5 Å². The number of hydrogen-bond donors (Lipinski definition) is 3. The Morgan fingerprint density at radius 3 is 1.84 bits per heavy atom. The molecule has 0 aromatic heterocycles. The molecule has 0 aliphatic carbocycles. The summed E-state index contributed by atoms with van der Waals surface area (Å²) in [6.45, 7) is 12.7. The van der Waals surface area contributed by atoms with Gasteiger partial charge < -0.3 is 15.3 Å². The average Bonchev–Trinajstić information content (AvgIpc) is 2.56. The normalized spacial score (nSPS) is 20.9. The number of aliphatic carboxylic acids is 1. The number of carbonyl (C=O) groups excluding carboxylic acids is 1. The van der Waals surface area contributed by atoms with Gasteiger partial charge in [-0.25, -0.2) is 0 Å². The third kappa shape index (κ3) is 7.28. The maximum absolute atomic E-state index is 12.5. The quantitative estimate of drug-likeness (QED) is 0.494. The van der Waals surface area contributed by atoms with Crippen LogP contribution in [0.15, 0.2) is 11.6 Å². The van der Waals surface area contributed by atoms with Gasteiger partial charge in [-0.15, -0.1) is 0 Å². The molecule has 0 aliphatic rings. The minimum Gasteiger partial charge on any atom is -0.481 e. The summed E-state index contributed by atoms with van der Waals surface area (Å²) in [7, 11) is 0. The summed E-state index contributed by atoms with van der Waals surface area (Å²) in [5.74, 6) is -2.74. The van der Waals surface area contributed by atoms with Crippen LogP contribution < -0.4 is 0 Å². The minimum atomic E-state index is -1.02. The van der Waals surface area contributed by atoms with Gasteiger partial charge in [0, 0.05) is 11.8 Å². The van der Waals surface area contributed by atoms with Gasteiger partial charge in [0.15, 0.2) is 0 Å². The smallest absolute Gasteiger partial charge is 0.308 e. The van der Waals surface area contributed by atoms with Crippen LogP contribution in [0, 0.1) is 29.6 Å². The molecule has 25 heavy (non-hydrogen) atoms. The second-order valence-electron chi connectivity index (χ2n) is 7.67. The zero-order valence-corrected chi connectivity index (χ0v) is 16.7. The maximum Gasteiger partial charge on any atom is 0.308 e. The number of aliphatic hydroxyl groups is 2. The lowest BCUT2D eigenvalue weighted by Gasteiger charge is -2.25. The molecule has 0 saturated heterocycles. The highest BCUT2D eigenvalue weighted by Crippen LogP contribution is 2.24. The van der Waals surface area contributed by atoms with Crippen LogP contribution in [0.4, 0.5) is 0 Å². The van der Waals surface area contributed by atoms with Crippen LogP contribution in [0.1, 0.15) is 61.3 Å². The number of aliphatic hydroxyl groups excluding tert-OH is 2. The van der Waals surface area contributed by atoms with Crippen molar-refractivity contribution >= 4 is 11.8 Å². The Morgan fingerprint density at radius 2 is 1.40 bits per heavy atom. The van der Waals surface area contributed by atoms with Crippen LogP contribution >= 0.6 is 0 Å². The molecule has 0 aromatic carbocycles. The summed E-state index contributed by atoms with van der Waals surface area (Å²) >= 11 is 0. The van der Waals surface area contributed by atoms with Crippen molar-refractivity contribution in [3.8, 4) is 0 Å². The molecule has 0 heterocycles. The highest BCUT2D eigenvalue weighted by atomic mass is 16.4. The monoisotopic (exact) mass is 356 g/mol. The van der Waals surface area contributed by atoms with E-state index in [4.69, 9.17) is 5.11 Å². The Morgan fingerprint density at radius 1 is 0.920 bits per heavy atom. The van der Waals surface area contributed by atoms with Crippen LogP contribution in [0.25, 0.3) is 0 Å². The van der Waals surface area contributed by atoms with E-state index in [1.54, 1.807) is 6.92 Å². The van der Waals surface area contributed by atoms with Gasteiger partial charge >= 0.3 is 5.97 Å². The average molecular weight is 357 g/mol. The number of carbonyl (C=O) groups is 2. The van der Waals surface area contributed by atoms with E-state index in [-0.39, 0.29) is 23.5 Å². The van der Waals surface area contributed by atoms with Gasteiger partial charge in [0.1, 0.15) is 5.78 Å². The van der Waals surface area contributed by atoms with Crippen molar-refractivity contribution in [3.05, 3.63) is 11.6 Å². The fourth-order valence-corrected chi connectivity index (χ4v) is 3.16. The highest BCUT2D eigenvalue weighted by molar-refractivity contribution is 5.85. The van der Waals surface area contributed by atoms with Crippen molar-refractivity contribution in [1.29, 1.82) is 0 Å². The lowest BCUT2D eigenvalue weighted by atomic mass is 9.83. The van der Waals surface area contributed by atoms with Crippen LogP contribution in [0.2, 0.25) is 0 Å². The molecular formula is C20H36O5. The van der Waals surface area contributed by atoms with E-state index in [0.29, 0.717) is 6.42 Å². The molecule has 5 heteroatoms. The molecule has 0 rings (SSSR count). The molecule has 0 unspecified atom stereocenters. The summed E-state index contributed by atoms with van der Waals surface area (Å²) in [5.41, 5.74) is 0.940. The molecule has 146 valence electrons. The van der Waals surface area contributed by atoms with Gasteiger partial charge in [-0.05, 0) is 32.1 Å². The topological polar surface area (TPSA) is 94.8 Å². The SMILES string of the molecule is CC[C@@H](C)[C@@H](O)[C@H](C)C(=O)[C@H](C)/C=C(\C)C[C@H](C)[C@H](O)[C@H](C)C(=O)O. The standard InChI is InChI=1S/C20H36O5/c1-8-12(3)17(21)15(6)18(22)13(4)9-11(2)10-14(5)19(23)16(7)20(24)25/h9,12-17,19,21,23H,8,10H2,1-7H3,(H,24,25)/b11-9+/t12-,13-,14+,15+,16+,17-,19+/m1/s1.